The van der Waals surface area contributed by atoms with Gasteiger partial charge in [-0.1, -0.05) is 42.5 Å². The number of esters is 1. The number of aryl methyl sites for hydroxylation is 1. The Morgan fingerprint density at radius 3 is 2.55 bits per heavy atom. The number of hydrogen-bond donors (Lipinski definition) is 2. The van der Waals surface area contributed by atoms with Gasteiger partial charge in [-0.3, -0.25) is 9.59 Å². The van der Waals surface area contributed by atoms with Crippen molar-refractivity contribution in [3.63, 3.8) is 0 Å². The molecule has 164 valence electrons. The van der Waals surface area contributed by atoms with Crippen LogP contribution in [0.4, 0.5) is 5.69 Å². The van der Waals surface area contributed by atoms with E-state index >= 15 is 0 Å². The second kappa shape index (κ2) is 9.75. The van der Waals surface area contributed by atoms with Gasteiger partial charge in [-0.25, -0.2) is 4.79 Å². The first-order valence-electron chi connectivity index (χ1n) is 10.5. The summed E-state index contributed by atoms with van der Waals surface area (Å²) in [6, 6.07) is 15.2. The molecule has 0 saturated carbocycles. The van der Waals surface area contributed by atoms with Crippen LogP contribution in [0.5, 0.6) is 0 Å². The molecule has 0 aliphatic carbocycles. The number of primary amides is 1. The zero-order valence-corrected chi connectivity index (χ0v) is 18.1. The van der Waals surface area contributed by atoms with Crippen LogP contribution < -0.4 is 11.1 Å². The Balaban J connectivity index is 1.86. The number of benzene rings is 2. The fourth-order valence-electron chi connectivity index (χ4n) is 4.47. The molecule has 31 heavy (non-hydrogen) atoms. The minimum absolute atomic E-state index is 0.188. The van der Waals surface area contributed by atoms with Crippen LogP contribution in [0.1, 0.15) is 34.3 Å². The monoisotopic (exact) mass is 424 g/mol. The molecule has 7 nitrogen and oxygen atoms in total. The maximum Gasteiger partial charge on any atom is 0.339 e. The van der Waals surface area contributed by atoms with Crippen LogP contribution in [0.3, 0.4) is 0 Å². The summed E-state index contributed by atoms with van der Waals surface area (Å²) in [6.07, 6.45) is 1.57. The number of carbonyl (C=O) groups is 3. The number of anilines is 1. The first kappa shape index (κ1) is 22.5. The zero-order chi connectivity index (χ0) is 22.4. The molecule has 1 heterocycles. The third-order valence-corrected chi connectivity index (χ3v) is 5.98. The molecule has 3 N–H and O–H groups in total. The standard InChI is InChI=1S/C24H29N3O4/c1-17-8-6-12-20(24(30)31-2)22(17)26-21(28)16-27(14-18-9-4-3-5-10-18)13-7-11-19(15-27)23(25)29/h3-6,8-10,12,19H,7,11,13-16H2,1-2H3,(H2-,25,26,28,29,30)/p+1. The predicted octanol–water partition coefficient (Wildman–Crippen LogP) is 2.63. The third-order valence-electron chi connectivity index (χ3n) is 5.98. The fraction of sp³-hybridized carbons (Fsp3) is 0.375. The number of likely N-dealkylation sites (tertiary alicyclic amines) is 1. The lowest BCUT2D eigenvalue weighted by atomic mass is 9.94. The van der Waals surface area contributed by atoms with Gasteiger partial charge in [0, 0.05) is 5.56 Å². The van der Waals surface area contributed by atoms with Gasteiger partial charge in [-0.05, 0) is 31.4 Å². The third kappa shape index (κ3) is 5.49. The number of ether oxygens (including phenoxy) is 1. The summed E-state index contributed by atoms with van der Waals surface area (Å²) in [5, 5.41) is 2.92. The van der Waals surface area contributed by atoms with Gasteiger partial charge in [0.05, 0.1) is 37.4 Å². The molecule has 1 saturated heterocycles. The molecule has 2 aromatic rings. The Hall–Kier alpha value is -3.19. The van der Waals surface area contributed by atoms with Crippen molar-refractivity contribution in [1.29, 1.82) is 0 Å². The number of carbonyl (C=O) groups excluding carboxylic acids is 3. The molecule has 1 aliphatic rings. The summed E-state index contributed by atoms with van der Waals surface area (Å²) in [5.41, 5.74) is 8.28. The van der Waals surface area contributed by atoms with E-state index < -0.39 is 5.97 Å². The lowest BCUT2D eigenvalue weighted by Gasteiger charge is -2.43. The highest BCUT2D eigenvalue weighted by Gasteiger charge is 2.39. The Bertz CT molecular complexity index is 961. The van der Waals surface area contributed by atoms with Crippen LogP contribution in [-0.4, -0.2) is 49.0 Å². The normalized spacial score (nSPS) is 20.6. The predicted molar refractivity (Wildman–Crippen MR) is 118 cm³/mol. The van der Waals surface area contributed by atoms with Crippen molar-refractivity contribution in [2.24, 2.45) is 11.7 Å². The van der Waals surface area contributed by atoms with Gasteiger partial charge >= 0.3 is 5.97 Å². The van der Waals surface area contributed by atoms with Crippen LogP contribution in [0.25, 0.3) is 0 Å². The lowest BCUT2D eigenvalue weighted by Crippen LogP contribution is -2.58. The summed E-state index contributed by atoms with van der Waals surface area (Å²) in [7, 11) is 1.31. The highest BCUT2D eigenvalue weighted by molar-refractivity contribution is 6.02. The van der Waals surface area contributed by atoms with E-state index in [4.69, 9.17) is 10.5 Å². The highest BCUT2D eigenvalue weighted by Crippen LogP contribution is 2.28. The van der Waals surface area contributed by atoms with Crippen molar-refractivity contribution in [2.75, 3.05) is 32.1 Å². The minimum Gasteiger partial charge on any atom is -0.465 e. The van der Waals surface area contributed by atoms with Crippen LogP contribution in [-0.2, 0) is 20.9 Å². The van der Waals surface area contributed by atoms with E-state index in [0.717, 1.165) is 30.5 Å². The number of rotatable bonds is 7. The van der Waals surface area contributed by atoms with Crippen molar-refractivity contribution in [3.8, 4) is 0 Å². The second-order valence-corrected chi connectivity index (χ2v) is 8.33. The van der Waals surface area contributed by atoms with Crippen LogP contribution in [0.2, 0.25) is 0 Å². The van der Waals surface area contributed by atoms with Crippen molar-refractivity contribution < 1.29 is 23.6 Å². The average molecular weight is 425 g/mol. The van der Waals surface area contributed by atoms with Crippen molar-refractivity contribution >= 4 is 23.5 Å². The molecule has 0 bridgehead atoms. The molecule has 7 heteroatoms. The highest BCUT2D eigenvalue weighted by atomic mass is 16.5. The fourth-order valence-corrected chi connectivity index (χ4v) is 4.47. The van der Waals surface area contributed by atoms with Crippen LogP contribution in [0, 0.1) is 12.8 Å². The topological polar surface area (TPSA) is 98.5 Å². The summed E-state index contributed by atoms with van der Waals surface area (Å²) in [4.78, 5) is 37.3. The number of quaternary nitrogens is 1. The smallest absolute Gasteiger partial charge is 0.339 e. The molecule has 0 radical (unpaired) electrons. The maximum atomic E-state index is 13.2. The van der Waals surface area contributed by atoms with Gasteiger partial charge < -0.3 is 20.3 Å². The number of nitrogens with zero attached hydrogens (tertiary/aromatic N) is 1. The number of amides is 2. The van der Waals surface area contributed by atoms with E-state index in [-0.39, 0.29) is 24.3 Å². The molecule has 1 fully saturated rings. The Kier molecular flexibility index (Phi) is 7.07. The molecular formula is C24H30N3O4+. The van der Waals surface area contributed by atoms with E-state index in [2.05, 4.69) is 5.32 Å². The number of hydrogen-bond acceptors (Lipinski definition) is 4. The van der Waals surface area contributed by atoms with E-state index in [1.165, 1.54) is 7.11 Å². The summed E-state index contributed by atoms with van der Waals surface area (Å²) < 4.78 is 5.30. The van der Waals surface area contributed by atoms with Crippen LogP contribution in [0.15, 0.2) is 48.5 Å². The van der Waals surface area contributed by atoms with Gasteiger partial charge in [-0.15, -0.1) is 0 Å². The SMILES string of the molecule is COC(=O)c1cccc(C)c1NC(=O)C[N+]1(Cc2ccccc2)CCCC(C(N)=O)C1. The molecular weight excluding hydrogens is 394 g/mol. The molecule has 2 amide bonds. The van der Waals surface area contributed by atoms with E-state index in [1.54, 1.807) is 12.1 Å². The zero-order valence-electron chi connectivity index (χ0n) is 18.1. The molecule has 2 unspecified atom stereocenters. The largest absolute Gasteiger partial charge is 0.465 e. The van der Waals surface area contributed by atoms with E-state index in [9.17, 15) is 14.4 Å². The molecule has 0 spiro atoms. The second-order valence-electron chi connectivity index (χ2n) is 8.33. The van der Waals surface area contributed by atoms with E-state index in [0.29, 0.717) is 28.8 Å². The maximum absolute atomic E-state index is 13.2. The first-order chi connectivity index (χ1) is 14.8. The number of piperidine rings is 1. The lowest BCUT2D eigenvalue weighted by molar-refractivity contribution is -0.940. The van der Waals surface area contributed by atoms with Crippen molar-refractivity contribution in [3.05, 3.63) is 65.2 Å². The van der Waals surface area contributed by atoms with Crippen molar-refractivity contribution in [1.82, 2.24) is 0 Å². The average Bonchev–Trinajstić information content (AvgIpc) is 2.75. The molecule has 1 aliphatic heterocycles. The number of nitrogens with two attached hydrogens (primary N) is 1. The number of nitrogens with one attached hydrogen (secondary N) is 1. The van der Waals surface area contributed by atoms with E-state index in [1.807, 2.05) is 43.3 Å². The Morgan fingerprint density at radius 1 is 1.13 bits per heavy atom. The Morgan fingerprint density at radius 2 is 1.87 bits per heavy atom. The minimum atomic E-state index is -0.501. The van der Waals surface area contributed by atoms with Crippen LogP contribution >= 0.6 is 0 Å². The Labute approximate surface area is 182 Å². The first-order valence-corrected chi connectivity index (χ1v) is 10.5. The molecule has 0 aromatic heterocycles. The summed E-state index contributed by atoms with van der Waals surface area (Å²) in [6.45, 7) is 3.96. The van der Waals surface area contributed by atoms with Gasteiger partial charge in [0.2, 0.25) is 5.91 Å². The molecule has 2 atom stereocenters. The number of methoxy groups -OCH3 is 1. The van der Waals surface area contributed by atoms with Gasteiger partial charge in [-0.2, -0.15) is 0 Å². The molecule has 2 aromatic carbocycles. The summed E-state index contributed by atoms with van der Waals surface area (Å²) >= 11 is 0. The van der Waals surface area contributed by atoms with Gasteiger partial charge in [0.1, 0.15) is 6.54 Å². The quantitative estimate of drug-likeness (QED) is 0.527. The summed E-state index contributed by atoms with van der Waals surface area (Å²) in [5.74, 6) is -1.28. The van der Waals surface area contributed by atoms with Crippen molar-refractivity contribution in [2.45, 2.75) is 26.3 Å². The molecule has 3 rings (SSSR count). The number of para-hydroxylation sites is 1. The van der Waals surface area contributed by atoms with Gasteiger partial charge in [0.25, 0.3) is 5.91 Å². The van der Waals surface area contributed by atoms with Gasteiger partial charge in [0.15, 0.2) is 6.54 Å².